The van der Waals surface area contributed by atoms with Crippen LogP contribution in [0.1, 0.15) is 47.0 Å². The van der Waals surface area contributed by atoms with E-state index in [0.29, 0.717) is 19.8 Å². The lowest BCUT2D eigenvalue weighted by molar-refractivity contribution is -0.0614. The Labute approximate surface area is 110 Å². The van der Waals surface area contributed by atoms with Crippen molar-refractivity contribution in [2.75, 3.05) is 19.8 Å². The fourth-order valence-corrected chi connectivity index (χ4v) is 1.40. The second kappa shape index (κ2) is 9.16. The topological polar surface area (TPSA) is 67.8 Å². The highest BCUT2D eigenvalue weighted by molar-refractivity contribution is 5.64. The summed E-state index contributed by atoms with van der Waals surface area (Å²) in [6.07, 6.45) is 1.97. The molecule has 0 saturated carbocycles. The van der Waals surface area contributed by atoms with E-state index in [1.165, 1.54) is 0 Å². The number of carbonyl (C=O) groups is 1. The van der Waals surface area contributed by atoms with Crippen molar-refractivity contribution in [1.29, 1.82) is 0 Å². The molecule has 0 aromatic heterocycles. The molecule has 0 aliphatic rings. The average Bonchev–Trinajstić information content (AvgIpc) is 2.34. The van der Waals surface area contributed by atoms with Crippen molar-refractivity contribution in [1.82, 2.24) is 5.32 Å². The Balaban J connectivity index is 3.83. The number of hydrogen-bond acceptors (Lipinski definition) is 3. The van der Waals surface area contributed by atoms with Crippen molar-refractivity contribution in [3.8, 4) is 0 Å². The standard InChI is InChI=1S/C13H27NO4/c1-5-11(3)17-9-7-13(4,6-2)18-10-8-14-12(15)16/h11,14H,5-10H2,1-4H3,(H,15,16). The second-order valence-corrected chi connectivity index (χ2v) is 4.72. The summed E-state index contributed by atoms with van der Waals surface area (Å²) >= 11 is 0. The van der Waals surface area contributed by atoms with E-state index in [1.54, 1.807) is 0 Å². The molecule has 108 valence electrons. The Hall–Kier alpha value is -0.810. The van der Waals surface area contributed by atoms with Crippen molar-refractivity contribution in [3.63, 3.8) is 0 Å². The van der Waals surface area contributed by atoms with E-state index in [2.05, 4.69) is 26.1 Å². The van der Waals surface area contributed by atoms with Gasteiger partial charge in [0, 0.05) is 13.2 Å². The second-order valence-electron chi connectivity index (χ2n) is 4.72. The first-order valence-corrected chi connectivity index (χ1v) is 6.66. The van der Waals surface area contributed by atoms with Gasteiger partial charge in [-0.2, -0.15) is 0 Å². The zero-order chi connectivity index (χ0) is 14.0. The lowest BCUT2D eigenvalue weighted by Crippen LogP contribution is -2.34. The Morgan fingerprint density at radius 2 is 2.06 bits per heavy atom. The Kier molecular flexibility index (Phi) is 8.75. The molecule has 0 aliphatic carbocycles. The summed E-state index contributed by atoms with van der Waals surface area (Å²) in [7, 11) is 0. The molecular weight excluding hydrogens is 234 g/mol. The minimum atomic E-state index is -1.02. The molecule has 2 N–H and O–H groups in total. The van der Waals surface area contributed by atoms with Crippen LogP contribution in [0.3, 0.4) is 0 Å². The molecule has 0 aliphatic heterocycles. The van der Waals surface area contributed by atoms with Gasteiger partial charge in [-0.25, -0.2) is 4.79 Å². The van der Waals surface area contributed by atoms with Gasteiger partial charge in [-0.1, -0.05) is 13.8 Å². The Morgan fingerprint density at radius 1 is 1.39 bits per heavy atom. The Morgan fingerprint density at radius 3 is 2.56 bits per heavy atom. The molecule has 0 bridgehead atoms. The SMILES string of the molecule is CCC(C)OCCC(C)(CC)OCCNC(=O)O. The van der Waals surface area contributed by atoms with Gasteiger partial charge in [0.25, 0.3) is 0 Å². The van der Waals surface area contributed by atoms with Gasteiger partial charge in [0.2, 0.25) is 0 Å². The van der Waals surface area contributed by atoms with Crippen LogP contribution in [0.4, 0.5) is 4.79 Å². The maximum Gasteiger partial charge on any atom is 0.404 e. The third kappa shape index (κ3) is 8.31. The van der Waals surface area contributed by atoms with E-state index in [4.69, 9.17) is 14.6 Å². The van der Waals surface area contributed by atoms with Crippen molar-refractivity contribution >= 4 is 6.09 Å². The van der Waals surface area contributed by atoms with Crippen LogP contribution >= 0.6 is 0 Å². The first kappa shape index (κ1) is 17.2. The molecular formula is C13H27NO4. The van der Waals surface area contributed by atoms with E-state index in [1.807, 2.05) is 6.92 Å². The summed E-state index contributed by atoms with van der Waals surface area (Å²) in [4.78, 5) is 10.3. The summed E-state index contributed by atoms with van der Waals surface area (Å²) in [5.74, 6) is 0. The van der Waals surface area contributed by atoms with Crippen LogP contribution in [0.2, 0.25) is 0 Å². The van der Waals surface area contributed by atoms with E-state index in [0.717, 1.165) is 19.3 Å². The maximum absolute atomic E-state index is 10.3. The lowest BCUT2D eigenvalue weighted by Gasteiger charge is -2.29. The maximum atomic E-state index is 10.3. The van der Waals surface area contributed by atoms with Gasteiger partial charge >= 0.3 is 6.09 Å². The molecule has 0 spiro atoms. The molecule has 0 fully saturated rings. The van der Waals surface area contributed by atoms with Crippen molar-refractivity contribution < 1.29 is 19.4 Å². The number of hydrogen-bond donors (Lipinski definition) is 2. The van der Waals surface area contributed by atoms with Crippen LogP contribution < -0.4 is 5.32 Å². The summed E-state index contributed by atoms with van der Waals surface area (Å²) in [5.41, 5.74) is -0.242. The van der Waals surface area contributed by atoms with Crippen LogP contribution in [0.15, 0.2) is 0 Å². The largest absolute Gasteiger partial charge is 0.465 e. The molecule has 18 heavy (non-hydrogen) atoms. The van der Waals surface area contributed by atoms with E-state index < -0.39 is 6.09 Å². The third-order valence-electron chi connectivity index (χ3n) is 3.18. The monoisotopic (exact) mass is 261 g/mol. The number of amides is 1. The molecule has 0 heterocycles. The zero-order valence-corrected chi connectivity index (χ0v) is 12.0. The van der Waals surface area contributed by atoms with Crippen LogP contribution in [0, 0.1) is 0 Å². The molecule has 0 saturated heterocycles. The lowest BCUT2D eigenvalue weighted by atomic mass is 9.99. The molecule has 5 nitrogen and oxygen atoms in total. The number of ether oxygens (including phenoxy) is 2. The molecule has 0 rings (SSSR count). The first-order chi connectivity index (χ1) is 8.43. The van der Waals surface area contributed by atoms with E-state index >= 15 is 0 Å². The highest BCUT2D eigenvalue weighted by Gasteiger charge is 2.22. The molecule has 2 unspecified atom stereocenters. The van der Waals surface area contributed by atoms with Crippen LogP contribution in [-0.2, 0) is 9.47 Å². The third-order valence-corrected chi connectivity index (χ3v) is 3.18. The summed E-state index contributed by atoms with van der Waals surface area (Å²) < 4.78 is 11.4. The molecule has 0 aromatic carbocycles. The predicted molar refractivity (Wildman–Crippen MR) is 71.0 cm³/mol. The van der Waals surface area contributed by atoms with Crippen LogP contribution in [-0.4, -0.2) is 42.7 Å². The summed E-state index contributed by atoms with van der Waals surface area (Å²) in [6, 6.07) is 0. The minimum Gasteiger partial charge on any atom is -0.465 e. The van der Waals surface area contributed by atoms with Gasteiger partial charge in [-0.15, -0.1) is 0 Å². The normalized spacial score (nSPS) is 16.0. The molecule has 1 amide bonds. The van der Waals surface area contributed by atoms with Crippen molar-refractivity contribution in [2.45, 2.75) is 58.7 Å². The van der Waals surface area contributed by atoms with E-state index in [-0.39, 0.29) is 11.7 Å². The van der Waals surface area contributed by atoms with E-state index in [9.17, 15) is 4.79 Å². The van der Waals surface area contributed by atoms with Gasteiger partial charge in [0.1, 0.15) is 0 Å². The smallest absolute Gasteiger partial charge is 0.404 e. The molecule has 0 aromatic rings. The van der Waals surface area contributed by atoms with Gasteiger partial charge in [0.05, 0.1) is 18.3 Å². The van der Waals surface area contributed by atoms with Crippen molar-refractivity contribution in [3.05, 3.63) is 0 Å². The Bertz CT molecular complexity index is 235. The van der Waals surface area contributed by atoms with Crippen LogP contribution in [0.5, 0.6) is 0 Å². The quantitative estimate of drug-likeness (QED) is 0.593. The van der Waals surface area contributed by atoms with Crippen LogP contribution in [0.25, 0.3) is 0 Å². The fourth-order valence-electron chi connectivity index (χ4n) is 1.40. The molecule has 2 atom stereocenters. The van der Waals surface area contributed by atoms with Gasteiger partial charge < -0.3 is 19.9 Å². The number of rotatable bonds is 10. The number of carboxylic acid groups (broad SMARTS) is 1. The van der Waals surface area contributed by atoms with Gasteiger partial charge in [-0.05, 0) is 33.1 Å². The molecule has 5 heteroatoms. The summed E-state index contributed by atoms with van der Waals surface area (Å²) in [5, 5.41) is 10.7. The first-order valence-electron chi connectivity index (χ1n) is 6.66. The zero-order valence-electron chi connectivity index (χ0n) is 12.0. The minimum absolute atomic E-state index is 0.242. The van der Waals surface area contributed by atoms with Crippen molar-refractivity contribution in [2.24, 2.45) is 0 Å². The highest BCUT2D eigenvalue weighted by atomic mass is 16.5. The average molecular weight is 261 g/mol. The summed E-state index contributed by atoms with van der Waals surface area (Å²) in [6.45, 7) is 9.63. The highest BCUT2D eigenvalue weighted by Crippen LogP contribution is 2.20. The van der Waals surface area contributed by atoms with Gasteiger partial charge in [0.15, 0.2) is 0 Å². The molecule has 0 radical (unpaired) electrons. The fraction of sp³-hybridized carbons (Fsp3) is 0.923. The predicted octanol–water partition coefficient (Wildman–Crippen LogP) is 2.64. The number of nitrogens with one attached hydrogen (secondary N) is 1. The van der Waals surface area contributed by atoms with Gasteiger partial charge in [-0.3, -0.25) is 0 Å².